The molecule has 0 saturated carbocycles. The van der Waals surface area contributed by atoms with E-state index in [1.165, 1.54) is 27.1 Å². The molecule has 0 bridgehead atoms. The van der Waals surface area contributed by atoms with Gasteiger partial charge in [0.15, 0.2) is 11.6 Å². The van der Waals surface area contributed by atoms with Crippen molar-refractivity contribution in [3.63, 3.8) is 0 Å². The molecule has 0 amide bonds. The molecule has 5 heterocycles. The van der Waals surface area contributed by atoms with Crippen LogP contribution in [0.5, 0.6) is 0 Å². The van der Waals surface area contributed by atoms with E-state index < -0.39 is 0 Å². The highest BCUT2D eigenvalue weighted by Gasteiger charge is 2.20. The van der Waals surface area contributed by atoms with Crippen LogP contribution in [0.3, 0.4) is 0 Å². The van der Waals surface area contributed by atoms with Gasteiger partial charge in [-0.3, -0.25) is 9.55 Å². The molecule has 0 atom stereocenters. The largest absolute Gasteiger partial charge is 0.456 e. The lowest BCUT2D eigenvalue weighted by Crippen LogP contribution is -2.06. The summed E-state index contributed by atoms with van der Waals surface area (Å²) in [6, 6.07) is 72.9. The quantitative estimate of drug-likeness (QED) is 0.167. The smallest absolute Gasteiger partial charge is 0.238 e. The van der Waals surface area contributed by atoms with Crippen LogP contribution in [0.1, 0.15) is 0 Å². The van der Waals surface area contributed by atoms with Gasteiger partial charge in [-0.05, 0) is 99.8 Å². The maximum Gasteiger partial charge on any atom is 0.238 e. The van der Waals surface area contributed by atoms with Gasteiger partial charge in [0.25, 0.3) is 0 Å². The molecule has 5 aromatic heterocycles. The van der Waals surface area contributed by atoms with E-state index in [1.54, 1.807) is 6.20 Å². The Morgan fingerprint density at radius 1 is 0.328 bits per heavy atom. The van der Waals surface area contributed by atoms with Crippen molar-refractivity contribution in [3.8, 4) is 56.7 Å². The van der Waals surface area contributed by atoms with Crippen LogP contribution in [0.25, 0.3) is 133 Å². The van der Waals surface area contributed by atoms with Gasteiger partial charge in [0, 0.05) is 61.5 Å². The van der Waals surface area contributed by atoms with Gasteiger partial charge in [-0.25, -0.2) is 4.98 Å². The molecule has 0 spiro atoms. The number of furan rings is 1. The molecule has 312 valence electrons. The van der Waals surface area contributed by atoms with Gasteiger partial charge in [0.1, 0.15) is 11.2 Å². The molecule has 0 radical (unpaired) electrons. The Hall–Kier alpha value is -9.20. The van der Waals surface area contributed by atoms with Gasteiger partial charge >= 0.3 is 0 Å². The van der Waals surface area contributed by atoms with Gasteiger partial charge in [-0.2, -0.15) is 9.97 Å². The number of fused-ring (bicyclic) bond motifs is 10. The number of rotatable bonds is 6. The molecular formula is C60H36N6O. The lowest BCUT2D eigenvalue weighted by Gasteiger charge is -2.11. The molecule has 0 saturated heterocycles. The van der Waals surface area contributed by atoms with Crippen molar-refractivity contribution in [3.05, 3.63) is 219 Å². The van der Waals surface area contributed by atoms with E-state index in [4.69, 9.17) is 19.4 Å². The number of pyridine rings is 1. The van der Waals surface area contributed by atoms with E-state index in [9.17, 15) is 0 Å². The molecule has 14 aromatic rings. The molecule has 7 nitrogen and oxygen atoms in total. The van der Waals surface area contributed by atoms with Crippen LogP contribution in [0.2, 0.25) is 0 Å². The third kappa shape index (κ3) is 5.99. The Balaban J connectivity index is 0.851. The topological polar surface area (TPSA) is 74.6 Å². The van der Waals surface area contributed by atoms with E-state index in [2.05, 4.69) is 154 Å². The Morgan fingerprint density at radius 2 is 0.881 bits per heavy atom. The van der Waals surface area contributed by atoms with E-state index >= 15 is 0 Å². The first kappa shape index (κ1) is 37.2. The molecule has 7 heteroatoms. The second-order valence-electron chi connectivity index (χ2n) is 17.1. The number of nitrogens with zero attached hydrogens (tertiary/aromatic N) is 6. The molecular weight excluding hydrogens is 821 g/mol. The Bertz CT molecular complexity index is 4220. The number of para-hydroxylation sites is 2. The Morgan fingerprint density at radius 3 is 1.60 bits per heavy atom. The molecule has 0 fully saturated rings. The first-order valence-electron chi connectivity index (χ1n) is 22.4. The minimum absolute atomic E-state index is 0.580. The average Bonchev–Trinajstić information content (AvgIpc) is 4.05. The fourth-order valence-corrected chi connectivity index (χ4v) is 10.0. The van der Waals surface area contributed by atoms with Crippen molar-refractivity contribution in [1.29, 1.82) is 0 Å². The van der Waals surface area contributed by atoms with Crippen LogP contribution in [-0.2, 0) is 0 Å². The van der Waals surface area contributed by atoms with Crippen LogP contribution in [0.4, 0.5) is 0 Å². The van der Waals surface area contributed by atoms with Crippen molar-refractivity contribution in [1.82, 2.24) is 29.1 Å². The summed E-state index contributed by atoms with van der Waals surface area (Å²) in [5.74, 6) is 1.84. The van der Waals surface area contributed by atoms with Crippen molar-refractivity contribution in [2.24, 2.45) is 0 Å². The molecule has 14 rings (SSSR count). The summed E-state index contributed by atoms with van der Waals surface area (Å²) in [5, 5.41) is 9.14. The predicted octanol–water partition coefficient (Wildman–Crippen LogP) is 15.2. The summed E-state index contributed by atoms with van der Waals surface area (Å²) in [4.78, 5) is 19.6. The molecule has 9 aromatic carbocycles. The van der Waals surface area contributed by atoms with Gasteiger partial charge < -0.3 is 8.98 Å². The second kappa shape index (κ2) is 14.7. The van der Waals surface area contributed by atoms with E-state index in [1.807, 2.05) is 72.9 Å². The predicted molar refractivity (Wildman–Crippen MR) is 273 cm³/mol. The zero-order valence-electron chi connectivity index (χ0n) is 35.9. The van der Waals surface area contributed by atoms with Gasteiger partial charge in [0.05, 0.1) is 22.1 Å². The van der Waals surface area contributed by atoms with Crippen LogP contribution < -0.4 is 0 Å². The normalized spacial score (nSPS) is 11.9. The number of hydrogen-bond acceptors (Lipinski definition) is 5. The fraction of sp³-hybridized carbons (Fsp3) is 0. The molecule has 0 unspecified atom stereocenters. The lowest BCUT2D eigenvalue weighted by molar-refractivity contribution is 0.668. The Labute approximate surface area is 383 Å². The fourth-order valence-electron chi connectivity index (χ4n) is 10.0. The maximum absolute atomic E-state index is 6.17. The third-order valence-corrected chi connectivity index (χ3v) is 13.3. The van der Waals surface area contributed by atoms with Crippen LogP contribution in [0.15, 0.2) is 223 Å². The zero-order chi connectivity index (χ0) is 44.0. The summed E-state index contributed by atoms with van der Waals surface area (Å²) < 4.78 is 10.7. The van der Waals surface area contributed by atoms with Crippen LogP contribution >= 0.6 is 0 Å². The average molecular weight is 857 g/mol. The van der Waals surface area contributed by atoms with Gasteiger partial charge in [-0.15, -0.1) is 0 Å². The monoisotopic (exact) mass is 856 g/mol. The second-order valence-corrected chi connectivity index (χ2v) is 17.1. The summed E-state index contributed by atoms with van der Waals surface area (Å²) in [7, 11) is 0. The number of hydrogen-bond donors (Lipinski definition) is 0. The van der Waals surface area contributed by atoms with E-state index in [0.717, 1.165) is 88.3 Å². The van der Waals surface area contributed by atoms with Crippen molar-refractivity contribution >= 4 is 76.3 Å². The third-order valence-electron chi connectivity index (χ3n) is 13.3. The minimum Gasteiger partial charge on any atom is -0.456 e. The molecule has 0 aliphatic carbocycles. The molecule has 0 aliphatic rings. The molecule has 0 N–H and O–H groups in total. The Kier molecular flexibility index (Phi) is 8.15. The van der Waals surface area contributed by atoms with E-state index in [-0.39, 0.29) is 0 Å². The maximum atomic E-state index is 6.17. The molecule has 0 aliphatic heterocycles. The highest BCUT2D eigenvalue weighted by atomic mass is 16.3. The van der Waals surface area contributed by atoms with Gasteiger partial charge in [-0.1, -0.05) is 140 Å². The summed E-state index contributed by atoms with van der Waals surface area (Å²) in [6.07, 6.45) is 3.66. The number of aromatic nitrogens is 6. The SMILES string of the molecule is c1ccc(-c2nc(-c3ccccc3)nc(-n3c4ccccc4c4cc(-c5ccc6cc(-c7ccc8c9ccccc9n(-c9ccc%10oc%11ccncc%11c%10c9)c8c7)ccc6c5)ccc43)n2)cc1. The van der Waals surface area contributed by atoms with Crippen molar-refractivity contribution < 1.29 is 4.42 Å². The standard InChI is InChI=1S/C60H36N6O/c1-3-11-37(12-4-1)58-62-59(38-13-5-2-6-14-38)64-60(63-58)66-53-18-10-8-16-47(53)49-33-43(24-27-54(49)66)41-21-19-40-32-42(22-20-39(40)31-41)44-23-26-48-46-15-7-9-17-52(46)65(55(48)34-44)45-25-28-56-50(35-45)51-36-61-30-29-57(51)67-56/h1-36H. The first-order chi connectivity index (χ1) is 33.2. The lowest BCUT2D eigenvalue weighted by atomic mass is 9.96. The van der Waals surface area contributed by atoms with Crippen molar-refractivity contribution in [2.45, 2.75) is 0 Å². The summed E-state index contributed by atoms with van der Waals surface area (Å²) >= 11 is 0. The summed E-state index contributed by atoms with van der Waals surface area (Å²) in [5.41, 5.74) is 13.7. The van der Waals surface area contributed by atoms with Crippen LogP contribution in [0, 0.1) is 0 Å². The number of benzene rings is 9. The minimum atomic E-state index is 0.580. The summed E-state index contributed by atoms with van der Waals surface area (Å²) in [6.45, 7) is 0. The highest BCUT2D eigenvalue weighted by Crippen LogP contribution is 2.39. The van der Waals surface area contributed by atoms with E-state index in [0.29, 0.717) is 17.6 Å². The van der Waals surface area contributed by atoms with Gasteiger partial charge in [0.2, 0.25) is 5.95 Å². The first-order valence-corrected chi connectivity index (χ1v) is 22.4. The highest BCUT2D eigenvalue weighted by molar-refractivity contribution is 6.12. The van der Waals surface area contributed by atoms with Crippen molar-refractivity contribution in [2.75, 3.05) is 0 Å². The molecule has 67 heavy (non-hydrogen) atoms. The van der Waals surface area contributed by atoms with Crippen LogP contribution in [-0.4, -0.2) is 29.1 Å². The zero-order valence-corrected chi connectivity index (χ0v) is 35.9.